The van der Waals surface area contributed by atoms with Crippen LogP contribution in [-0.4, -0.2) is 63.8 Å². The highest BCUT2D eigenvalue weighted by Crippen LogP contribution is 2.25. The molecule has 126 valence electrons. The van der Waals surface area contributed by atoms with E-state index in [1.807, 2.05) is 7.05 Å². The number of aryl methyl sites for hydroxylation is 1. The van der Waals surface area contributed by atoms with Crippen molar-refractivity contribution in [2.45, 2.75) is 13.8 Å². The van der Waals surface area contributed by atoms with E-state index in [0.29, 0.717) is 0 Å². The smallest absolute Gasteiger partial charge is 0.193 e. The Hall–Kier alpha value is -1.75. The maximum atomic E-state index is 5.32. The number of benzene rings is 1. The molecule has 1 aromatic carbocycles. The zero-order chi connectivity index (χ0) is 16.3. The number of hydrogen-bond donors (Lipinski definition) is 1. The van der Waals surface area contributed by atoms with Crippen molar-refractivity contribution in [3.63, 3.8) is 0 Å². The van der Waals surface area contributed by atoms with Gasteiger partial charge in [0.2, 0.25) is 0 Å². The molecule has 1 N–H and O–H groups in total. The van der Waals surface area contributed by atoms with E-state index in [1.165, 1.54) is 11.3 Å². The van der Waals surface area contributed by atoms with Gasteiger partial charge in [0.15, 0.2) is 5.96 Å². The van der Waals surface area contributed by atoms with E-state index < -0.39 is 0 Å². The van der Waals surface area contributed by atoms with Gasteiger partial charge in [-0.05, 0) is 24.6 Å². The van der Waals surface area contributed by atoms with Crippen molar-refractivity contribution in [1.82, 2.24) is 10.2 Å². The Kier molecular flexibility index (Phi) is 4.76. The summed E-state index contributed by atoms with van der Waals surface area (Å²) < 4.78 is 5.32. The second-order valence-electron chi connectivity index (χ2n) is 7.02. The second kappa shape index (κ2) is 6.79. The molecule has 0 saturated carbocycles. The van der Waals surface area contributed by atoms with E-state index in [-0.39, 0.29) is 5.41 Å². The number of rotatable bonds is 3. The van der Waals surface area contributed by atoms with E-state index >= 15 is 0 Å². The number of nitrogens with zero attached hydrogens (tertiary/aromatic N) is 3. The highest BCUT2D eigenvalue weighted by Gasteiger charge is 2.33. The molecule has 1 aromatic rings. The molecule has 0 bridgehead atoms. The van der Waals surface area contributed by atoms with Crippen molar-refractivity contribution in [1.29, 1.82) is 0 Å². The molecule has 0 aliphatic carbocycles. The lowest BCUT2D eigenvalue weighted by molar-refractivity contribution is -0.0972. The summed E-state index contributed by atoms with van der Waals surface area (Å²) in [5.41, 5.74) is 2.91. The second-order valence-corrected chi connectivity index (χ2v) is 7.02. The van der Waals surface area contributed by atoms with Crippen molar-refractivity contribution in [3.05, 3.63) is 29.8 Å². The highest BCUT2D eigenvalue weighted by molar-refractivity contribution is 5.80. The fourth-order valence-corrected chi connectivity index (χ4v) is 3.18. The molecule has 23 heavy (non-hydrogen) atoms. The molecule has 2 heterocycles. The first kappa shape index (κ1) is 16.1. The minimum atomic E-state index is 0.263. The lowest BCUT2D eigenvalue weighted by Crippen LogP contribution is -2.56. The van der Waals surface area contributed by atoms with Crippen molar-refractivity contribution in [2.24, 2.45) is 10.4 Å². The molecule has 0 radical (unpaired) electrons. The zero-order valence-electron chi connectivity index (χ0n) is 14.5. The summed E-state index contributed by atoms with van der Waals surface area (Å²) in [6.45, 7) is 11.1. The molecule has 0 aromatic heterocycles. The lowest BCUT2D eigenvalue weighted by Gasteiger charge is -2.41. The Balaban J connectivity index is 1.53. The first-order valence-electron chi connectivity index (χ1n) is 8.45. The van der Waals surface area contributed by atoms with Crippen LogP contribution in [0.3, 0.4) is 0 Å². The van der Waals surface area contributed by atoms with Crippen LogP contribution in [0.5, 0.6) is 0 Å². The van der Waals surface area contributed by atoms with Gasteiger partial charge < -0.3 is 19.9 Å². The number of piperazine rings is 1. The van der Waals surface area contributed by atoms with Gasteiger partial charge in [-0.25, -0.2) is 0 Å². The molecule has 0 atom stereocenters. The monoisotopic (exact) mass is 316 g/mol. The van der Waals surface area contributed by atoms with Crippen molar-refractivity contribution < 1.29 is 4.74 Å². The molecule has 2 fully saturated rings. The molecule has 0 spiro atoms. The average Bonchev–Trinajstić information content (AvgIpc) is 2.54. The Morgan fingerprint density at radius 3 is 2.57 bits per heavy atom. The summed E-state index contributed by atoms with van der Waals surface area (Å²) >= 11 is 0. The maximum absolute atomic E-state index is 5.32. The van der Waals surface area contributed by atoms with Gasteiger partial charge in [-0.3, -0.25) is 4.99 Å². The van der Waals surface area contributed by atoms with E-state index in [9.17, 15) is 0 Å². The molecule has 5 heteroatoms. The quantitative estimate of drug-likeness (QED) is 0.681. The van der Waals surface area contributed by atoms with Gasteiger partial charge in [0.05, 0.1) is 13.2 Å². The summed E-state index contributed by atoms with van der Waals surface area (Å²) in [6.07, 6.45) is 0. The Morgan fingerprint density at radius 2 is 2.00 bits per heavy atom. The molecule has 2 aliphatic rings. The van der Waals surface area contributed by atoms with Crippen LogP contribution in [0.4, 0.5) is 5.69 Å². The van der Waals surface area contributed by atoms with Gasteiger partial charge in [-0.2, -0.15) is 0 Å². The third-order valence-corrected chi connectivity index (χ3v) is 4.73. The molecule has 5 nitrogen and oxygen atoms in total. The van der Waals surface area contributed by atoms with Gasteiger partial charge in [0.25, 0.3) is 0 Å². The minimum absolute atomic E-state index is 0.263. The van der Waals surface area contributed by atoms with Crippen molar-refractivity contribution >= 4 is 11.6 Å². The van der Waals surface area contributed by atoms with E-state index in [1.54, 1.807) is 0 Å². The fraction of sp³-hybridized carbons (Fsp3) is 0.611. The molecule has 0 amide bonds. The van der Waals surface area contributed by atoms with Crippen LogP contribution in [-0.2, 0) is 4.74 Å². The van der Waals surface area contributed by atoms with Crippen LogP contribution in [0.15, 0.2) is 29.3 Å². The highest BCUT2D eigenvalue weighted by atomic mass is 16.5. The molecule has 0 unspecified atom stereocenters. The third-order valence-electron chi connectivity index (χ3n) is 4.73. The molecule has 2 aliphatic heterocycles. The normalized spacial score (nSPS) is 21.1. The lowest BCUT2D eigenvalue weighted by atomic mass is 9.89. The van der Waals surface area contributed by atoms with Gasteiger partial charge in [-0.1, -0.05) is 19.1 Å². The first-order valence-corrected chi connectivity index (χ1v) is 8.45. The van der Waals surface area contributed by atoms with E-state index in [4.69, 9.17) is 4.74 Å². The standard InChI is InChI=1S/C18H28N4O/c1-15-5-4-6-16(11-15)21-7-9-22(10-8-21)17(19-3)20-12-18(2)13-23-14-18/h4-6,11H,7-10,12-14H2,1-3H3,(H,19,20). The largest absolute Gasteiger partial charge is 0.380 e. The zero-order valence-corrected chi connectivity index (χ0v) is 14.5. The predicted octanol–water partition coefficient (Wildman–Crippen LogP) is 1.73. The molecular weight excluding hydrogens is 288 g/mol. The first-order chi connectivity index (χ1) is 11.1. The van der Waals surface area contributed by atoms with Crippen LogP contribution >= 0.6 is 0 Å². The predicted molar refractivity (Wildman–Crippen MR) is 95.3 cm³/mol. The summed E-state index contributed by atoms with van der Waals surface area (Å²) in [4.78, 5) is 9.27. The van der Waals surface area contributed by atoms with Crippen LogP contribution in [0.2, 0.25) is 0 Å². The van der Waals surface area contributed by atoms with Gasteiger partial charge in [-0.15, -0.1) is 0 Å². The van der Waals surface area contributed by atoms with Crippen LogP contribution in [0.1, 0.15) is 12.5 Å². The van der Waals surface area contributed by atoms with Crippen LogP contribution in [0.25, 0.3) is 0 Å². The minimum Gasteiger partial charge on any atom is -0.380 e. The van der Waals surface area contributed by atoms with Crippen LogP contribution < -0.4 is 10.2 Å². The number of nitrogens with one attached hydrogen (secondary N) is 1. The maximum Gasteiger partial charge on any atom is 0.193 e. The van der Waals surface area contributed by atoms with Crippen molar-refractivity contribution in [2.75, 3.05) is 57.9 Å². The SMILES string of the molecule is CN=C(NCC1(C)COC1)N1CCN(c2cccc(C)c2)CC1. The van der Waals surface area contributed by atoms with E-state index in [2.05, 4.69) is 58.2 Å². The van der Waals surface area contributed by atoms with E-state index in [0.717, 1.165) is 51.9 Å². The molecule has 2 saturated heterocycles. The number of guanidine groups is 1. The summed E-state index contributed by atoms with van der Waals surface area (Å²) in [7, 11) is 1.87. The third kappa shape index (κ3) is 3.78. The van der Waals surface area contributed by atoms with Crippen molar-refractivity contribution in [3.8, 4) is 0 Å². The molecular formula is C18H28N4O. The summed E-state index contributed by atoms with van der Waals surface area (Å²) in [5.74, 6) is 1.02. The van der Waals surface area contributed by atoms with Gasteiger partial charge >= 0.3 is 0 Å². The number of anilines is 1. The average molecular weight is 316 g/mol. The Labute approximate surface area is 139 Å². The molecule has 3 rings (SSSR count). The van der Waals surface area contributed by atoms with Gasteiger partial charge in [0.1, 0.15) is 0 Å². The Bertz CT molecular complexity index is 560. The number of ether oxygens (including phenoxy) is 1. The number of aliphatic imine (C=N–C) groups is 1. The summed E-state index contributed by atoms with van der Waals surface area (Å²) in [6, 6.07) is 8.75. The van der Waals surface area contributed by atoms with Gasteiger partial charge in [0, 0.05) is 50.9 Å². The Morgan fingerprint density at radius 1 is 1.26 bits per heavy atom. The number of hydrogen-bond acceptors (Lipinski definition) is 3. The summed E-state index contributed by atoms with van der Waals surface area (Å²) in [5, 5.41) is 3.52. The fourth-order valence-electron chi connectivity index (χ4n) is 3.18. The van der Waals surface area contributed by atoms with Crippen LogP contribution in [0, 0.1) is 12.3 Å². The topological polar surface area (TPSA) is 40.1 Å².